The molecule has 0 spiro atoms. The van der Waals surface area contributed by atoms with Gasteiger partial charge in [-0.2, -0.15) is 0 Å². The fourth-order valence-corrected chi connectivity index (χ4v) is 4.35. The standard InChI is InChI=1S/C25H27N5O3/c1-13-10-11-18(32-4)14(2)22(13)30-23(27)20(25(31)33-5)19-21(28-15(3)29-24(19)30)17-9-7-6-8-16(17)12-26/h6-11H,12,26-27H2,1-5H3. The molecular formula is C25H27N5O3. The number of methoxy groups -OCH3 is 2. The third-order valence-electron chi connectivity index (χ3n) is 5.87. The van der Waals surface area contributed by atoms with E-state index in [-0.39, 0.29) is 11.4 Å². The van der Waals surface area contributed by atoms with Crippen LogP contribution in [0.2, 0.25) is 0 Å². The molecule has 0 atom stereocenters. The molecule has 0 unspecified atom stereocenters. The van der Waals surface area contributed by atoms with Gasteiger partial charge in [0, 0.05) is 17.7 Å². The first-order valence-electron chi connectivity index (χ1n) is 10.5. The molecule has 33 heavy (non-hydrogen) atoms. The summed E-state index contributed by atoms with van der Waals surface area (Å²) < 4.78 is 12.5. The second kappa shape index (κ2) is 8.55. The smallest absolute Gasteiger partial charge is 0.342 e. The van der Waals surface area contributed by atoms with Gasteiger partial charge >= 0.3 is 5.97 Å². The molecule has 0 saturated carbocycles. The van der Waals surface area contributed by atoms with Crippen LogP contribution in [0.1, 0.15) is 32.9 Å². The Hall–Kier alpha value is -3.91. The van der Waals surface area contributed by atoms with Crippen molar-refractivity contribution in [1.82, 2.24) is 14.5 Å². The number of hydrogen-bond acceptors (Lipinski definition) is 7. The van der Waals surface area contributed by atoms with Crippen LogP contribution in [-0.2, 0) is 11.3 Å². The number of nitrogens with two attached hydrogens (primary N) is 2. The van der Waals surface area contributed by atoms with Gasteiger partial charge in [-0.25, -0.2) is 14.8 Å². The lowest BCUT2D eigenvalue weighted by molar-refractivity contribution is 0.0604. The molecule has 0 bridgehead atoms. The van der Waals surface area contributed by atoms with Gasteiger partial charge in [0.05, 0.1) is 31.0 Å². The van der Waals surface area contributed by atoms with Crippen molar-refractivity contribution in [3.63, 3.8) is 0 Å². The van der Waals surface area contributed by atoms with Crippen molar-refractivity contribution >= 4 is 22.8 Å². The van der Waals surface area contributed by atoms with E-state index >= 15 is 0 Å². The predicted octanol–water partition coefficient (Wildman–Crippen LogP) is 3.85. The molecule has 0 amide bonds. The SMILES string of the molecule is COC(=O)c1c(N)n(-c2c(C)ccc(OC)c2C)c2nc(C)nc(-c3ccccc3CN)c12. The third kappa shape index (κ3) is 3.48. The van der Waals surface area contributed by atoms with E-state index in [9.17, 15) is 4.79 Å². The number of ether oxygens (including phenoxy) is 2. The summed E-state index contributed by atoms with van der Waals surface area (Å²) in [5, 5.41) is 0.521. The summed E-state index contributed by atoms with van der Waals surface area (Å²) in [7, 11) is 2.95. The number of nitrogen functional groups attached to an aromatic ring is 1. The average Bonchev–Trinajstić information content (AvgIpc) is 3.10. The maximum atomic E-state index is 13.0. The first kappa shape index (κ1) is 22.3. The fourth-order valence-electron chi connectivity index (χ4n) is 4.35. The van der Waals surface area contributed by atoms with Crippen molar-refractivity contribution in [2.75, 3.05) is 20.0 Å². The average molecular weight is 446 g/mol. The summed E-state index contributed by atoms with van der Waals surface area (Å²) in [5.74, 6) is 0.907. The zero-order valence-electron chi connectivity index (χ0n) is 19.4. The molecule has 2 aromatic carbocycles. The van der Waals surface area contributed by atoms with E-state index in [1.165, 1.54) is 7.11 Å². The predicted molar refractivity (Wildman–Crippen MR) is 129 cm³/mol. The van der Waals surface area contributed by atoms with Crippen molar-refractivity contribution in [3.05, 3.63) is 64.5 Å². The molecule has 0 aliphatic heterocycles. The number of carbonyl (C=O) groups is 1. The summed E-state index contributed by atoms with van der Waals surface area (Å²) in [6.45, 7) is 6.05. The number of rotatable bonds is 5. The first-order valence-corrected chi connectivity index (χ1v) is 10.5. The number of anilines is 1. The van der Waals surface area contributed by atoms with E-state index in [0.717, 1.165) is 27.9 Å². The number of benzene rings is 2. The number of nitrogens with zero attached hydrogens (tertiary/aromatic N) is 3. The molecule has 8 heteroatoms. The monoisotopic (exact) mass is 445 g/mol. The number of aromatic nitrogens is 3. The molecule has 0 aliphatic carbocycles. The summed E-state index contributed by atoms with van der Waals surface area (Å²) in [6, 6.07) is 11.5. The number of esters is 1. The van der Waals surface area contributed by atoms with Crippen LogP contribution < -0.4 is 16.2 Å². The highest BCUT2D eigenvalue weighted by Crippen LogP contribution is 2.40. The van der Waals surface area contributed by atoms with Crippen LogP contribution >= 0.6 is 0 Å². The van der Waals surface area contributed by atoms with Crippen LogP contribution in [0.15, 0.2) is 36.4 Å². The minimum atomic E-state index is -0.562. The van der Waals surface area contributed by atoms with Crippen LogP contribution in [0.25, 0.3) is 28.0 Å². The van der Waals surface area contributed by atoms with Gasteiger partial charge in [0.15, 0.2) is 5.65 Å². The maximum Gasteiger partial charge on any atom is 0.342 e. The molecule has 0 fully saturated rings. The Kier molecular flexibility index (Phi) is 5.78. The summed E-state index contributed by atoms with van der Waals surface area (Å²) in [5.41, 5.74) is 18.3. The lowest BCUT2D eigenvalue weighted by Crippen LogP contribution is -2.09. The van der Waals surface area contributed by atoms with Crippen molar-refractivity contribution in [3.8, 4) is 22.7 Å². The number of carbonyl (C=O) groups excluding carboxylic acids is 1. The molecule has 4 N–H and O–H groups in total. The van der Waals surface area contributed by atoms with Crippen LogP contribution in [0.4, 0.5) is 5.82 Å². The molecule has 4 rings (SSSR count). The first-order chi connectivity index (χ1) is 15.8. The van der Waals surface area contributed by atoms with Crippen molar-refractivity contribution in [2.45, 2.75) is 27.3 Å². The maximum absolute atomic E-state index is 13.0. The van der Waals surface area contributed by atoms with E-state index in [1.54, 1.807) is 11.7 Å². The van der Waals surface area contributed by atoms with Gasteiger partial charge in [0.1, 0.15) is 23.0 Å². The summed E-state index contributed by atoms with van der Waals surface area (Å²) in [4.78, 5) is 22.4. The Balaban J connectivity index is 2.23. The van der Waals surface area contributed by atoms with Crippen molar-refractivity contribution in [2.24, 2.45) is 5.73 Å². The third-order valence-corrected chi connectivity index (χ3v) is 5.87. The Morgan fingerprint density at radius 3 is 2.45 bits per heavy atom. The number of hydrogen-bond donors (Lipinski definition) is 2. The molecule has 2 heterocycles. The lowest BCUT2D eigenvalue weighted by Gasteiger charge is -2.17. The topological polar surface area (TPSA) is 118 Å². The van der Waals surface area contributed by atoms with Gasteiger partial charge < -0.3 is 20.9 Å². The Morgan fingerprint density at radius 1 is 1.06 bits per heavy atom. The van der Waals surface area contributed by atoms with E-state index in [1.807, 2.05) is 57.2 Å². The molecule has 0 radical (unpaired) electrons. The van der Waals surface area contributed by atoms with Gasteiger partial charge in [-0.05, 0) is 38.0 Å². The van der Waals surface area contributed by atoms with Crippen molar-refractivity contribution in [1.29, 1.82) is 0 Å². The zero-order valence-corrected chi connectivity index (χ0v) is 19.4. The highest BCUT2D eigenvalue weighted by Gasteiger charge is 2.29. The molecular weight excluding hydrogens is 418 g/mol. The van der Waals surface area contributed by atoms with E-state index in [0.29, 0.717) is 34.8 Å². The van der Waals surface area contributed by atoms with Gasteiger partial charge in [-0.1, -0.05) is 30.3 Å². The highest BCUT2D eigenvalue weighted by atomic mass is 16.5. The Bertz CT molecular complexity index is 1390. The van der Waals surface area contributed by atoms with E-state index < -0.39 is 5.97 Å². The van der Waals surface area contributed by atoms with Crippen molar-refractivity contribution < 1.29 is 14.3 Å². The second-order valence-corrected chi connectivity index (χ2v) is 7.82. The quantitative estimate of drug-likeness (QED) is 0.448. The summed E-state index contributed by atoms with van der Waals surface area (Å²) in [6.07, 6.45) is 0. The molecule has 8 nitrogen and oxygen atoms in total. The van der Waals surface area contributed by atoms with Crippen LogP contribution in [-0.4, -0.2) is 34.7 Å². The van der Waals surface area contributed by atoms with Gasteiger partial charge in [0.2, 0.25) is 0 Å². The highest BCUT2D eigenvalue weighted by molar-refractivity contribution is 6.13. The fraction of sp³-hybridized carbons (Fsp3) is 0.240. The summed E-state index contributed by atoms with van der Waals surface area (Å²) >= 11 is 0. The largest absolute Gasteiger partial charge is 0.496 e. The molecule has 4 aromatic rings. The van der Waals surface area contributed by atoms with E-state index in [4.69, 9.17) is 30.9 Å². The molecule has 2 aromatic heterocycles. The van der Waals surface area contributed by atoms with Gasteiger partial charge in [-0.15, -0.1) is 0 Å². The van der Waals surface area contributed by atoms with Gasteiger partial charge in [-0.3, -0.25) is 4.57 Å². The molecule has 170 valence electrons. The number of aryl methyl sites for hydroxylation is 2. The van der Waals surface area contributed by atoms with E-state index in [2.05, 4.69) is 0 Å². The molecule has 0 saturated heterocycles. The van der Waals surface area contributed by atoms with Crippen LogP contribution in [0.3, 0.4) is 0 Å². The van der Waals surface area contributed by atoms with Crippen LogP contribution in [0, 0.1) is 20.8 Å². The molecule has 0 aliphatic rings. The Labute approximate surface area is 192 Å². The Morgan fingerprint density at radius 2 is 1.79 bits per heavy atom. The zero-order chi connectivity index (χ0) is 23.9. The number of fused-ring (bicyclic) bond motifs is 1. The lowest BCUT2D eigenvalue weighted by atomic mass is 10.0. The van der Waals surface area contributed by atoms with Gasteiger partial charge in [0.25, 0.3) is 0 Å². The second-order valence-electron chi connectivity index (χ2n) is 7.82. The minimum Gasteiger partial charge on any atom is -0.496 e. The minimum absolute atomic E-state index is 0.218. The normalized spacial score (nSPS) is 11.1. The van der Waals surface area contributed by atoms with Crippen LogP contribution in [0.5, 0.6) is 5.75 Å².